The van der Waals surface area contributed by atoms with Gasteiger partial charge in [0.05, 0.1) is 24.1 Å². The summed E-state index contributed by atoms with van der Waals surface area (Å²) in [6, 6.07) is 1.38. The number of hydrogen-bond donors (Lipinski definition) is 2. The fourth-order valence-electron chi connectivity index (χ4n) is 2.88. The molecule has 1 unspecified atom stereocenters. The van der Waals surface area contributed by atoms with Crippen LogP contribution in [0.1, 0.15) is 23.7 Å². The van der Waals surface area contributed by atoms with Gasteiger partial charge < -0.3 is 14.7 Å². The summed E-state index contributed by atoms with van der Waals surface area (Å²) in [7, 11) is 0. The van der Waals surface area contributed by atoms with E-state index < -0.39 is 29.2 Å². The number of aromatic amines is 1. The summed E-state index contributed by atoms with van der Waals surface area (Å²) in [6.07, 6.45) is 0.883. The van der Waals surface area contributed by atoms with E-state index in [0.717, 1.165) is 0 Å². The lowest BCUT2D eigenvalue weighted by Gasteiger charge is -2.30. The third kappa shape index (κ3) is 3.23. The molecular formula is C16H18N4O6. The zero-order valence-electron chi connectivity index (χ0n) is 14.1. The van der Waals surface area contributed by atoms with Crippen molar-refractivity contribution in [2.75, 3.05) is 19.7 Å². The molecule has 0 radical (unpaired) electrons. The Balaban J connectivity index is 1.99. The second-order valence-corrected chi connectivity index (χ2v) is 5.95. The number of rotatable bonds is 4. The highest BCUT2D eigenvalue weighted by Crippen LogP contribution is 2.13. The lowest BCUT2D eigenvalue weighted by atomic mass is 10.2. The topological polar surface area (TPSA) is 135 Å². The van der Waals surface area contributed by atoms with E-state index in [4.69, 9.17) is 9.84 Å². The van der Waals surface area contributed by atoms with Crippen LogP contribution >= 0.6 is 0 Å². The Bertz CT molecular complexity index is 979. The standard InChI is InChI=1S/C16H18N4O6/c1-2-3-20-12-10(13(21)18-16(20)25)6-9(7-17-12)14(22)19-4-5-26-11(8-19)15(23)24/h6-7,11H,2-5,8H2,1H3,(H,23,24)(H,18,21,25). The Morgan fingerprint density at radius 3 is 2.88 bits per heavy atom. The molecule has 0 spiro atoms. The summed E-state index contributed by atoms with van der Waals surface area (Å²) in [6.45, 7) is 2.54. The van der Waals surface area contributed by atoms with Gasteiger partial charge in [0.1, 0.15) is 5.65 Å². The van der Waals surface area contributed by atoms with Crippen LogP contribution in [0.3, 0.4) is 0 Å². The summed E-state index contributed by atoms with van der Waals surface area (Å²) in [4.78, 5) is 55.5. The molecule has 1 saturated heterocycles. The van der Waals surface area contributed by atoms with E-state index in [-0.39, 0.29) is 36.3 Å². The van der Waals surface area contributed by atoms with Gasteiger partial charge in [-0.3, -0.25) is 19.1 Å². The van der Waals surface area contributed by atoms with Gasteiger partial charge in [0.25, 0.3) is 11.5 Å². The first-order chi connectivity index (χ1) is 12.4. The number of hydrogen-bond acceptors (Lipinski definition) is 6. The number of fused-ring (bicyclic) bond motifs is 1. The first-order valence-electron chi connectivity index (χ1n) is 8.19. The van der Waals surface area contributed by atoms with Crippen LogP contribution in [0.4, 0.5) is 0 Å². The van der Waals surface area contributed by atoms with Crippen molar-refractivity contribution in [2.45, 2.75) is 26.0 Å². The third-order valence-corrected chi connectivity index (χ3v) is 4.16. The molecule has 10 heteroatoms. The maximum atomic E-state index is 12.7. The molecule has 1 amide bonds. The molecule has 0 aromatic carbocycles. The van der Waals surface area contributed by atoms with Crippen LogP contribution in [0, 0.1) is 0 Å². The van der Waals surface area contributed by atoms with Crippen LogP contribution in [-0.4, -0.2) is 62.2 Å². The quantitative estimate of drug-likeness (QED) is 0.743. The first-order valence-corrected chi connectivity index (χ1v) is 8.19. The number of carboxylic acids is 1. The van der Waals surface area contributed by atoms with E-state index >= 15 is 0 Å². The largest absolute Gasteiger partial charge is 0.479 e. The Morgan fingerprint density at radius 1 is 1.42 bits per heavy atom. The van der Waals surface area contributed by atoms with Crippen LogP contribution in [0.25, 0.3) is 11.0 Å². The molecule has 1 aliphatic heterocycles. The monoisotopic (exact) mass is 362 g/mol. The zero-order chi connectivity index (χ0) is 18.8. The zero-order valence-corrected chi connectivity index (χ0v) is 14.1. The molecule has 2 aromatic heterocycles. The molecule has 3 heterocycles. The molecule has 138 valence electrons. The van der Waals surface area contributed by atoms with E-state index in [1.165, 1.54) is 21.7 Å². The molecule has 2 N–H and O–H groups in total. The van der Waals surface area contributed by atoms with E-state index in [0.29, 0.717) is 13.0 Å². The normalized spacial score (nSPS) is 17.4. The second kappa shape index (κ2) is 7.08. The van der Waals surface area contributed by atoms with Gasteiger partial charge in [-0.2, -0.15) is 0 Å². The number of carbonyl (C=O) groups excluding carboxylic acids is 1. The van der Waals surface area contributed by atoms with Crippen LogP contribution in [0.5, 0.6) is 0 Å². The molecule has 0 bridgehead atoms. The number of aliphatic carboxylic acids is 1. The summed E-state index contributed by atoms with van der Waals surface area (Å²) < 4.78 is 6.45. The number of H-pyrrole nitrogens is 1. The van der Waals surface area contributed by atoms with E-state index in [9.17, 15) is 19.2 Å². The Labute approximate surface area is 147 Å². The van der Waals surface area contributed by atoms with E-state index in [2.05, 4.69) is 9.97 Å². The van der Waals surface area contributed by atoms with Gasteiger partial charge in [0.2, 0.25) is 0 Å². The number of amides is 1. The van der Waals surface area contributed by atoms with Gasteiger partial charge in [-0.05, 0) is 12.5 Å². The van der Waals surface area contributed by atoms with Crippen LogP contribution < -0.4 is 11.2 Å². The van der Waals surface area contributed by atoms with Gasteiger partial charge in [0, 0.05) is 19.3 Å². The van der Waals surface area contributed by atoms with Crippen molar-refractivity contribution < 1.29 is 19.4 Å². The maximum absolute atomic E-state index is 12.7. The van der Waals surface area contributed by atoms with Gasteiger partial charge in [0.15, 0.2) is 6.10 Å². The molecule has 3 rings (SSSR count). The van der Waals surface area contributed by atoms with Crippen LogP contribution in [0.15, 0.2) is 21.9 Å². The predicted molar refractivity (Wildman–Crippen MR) is 90.2 cm³/mol. The van der Waals surface area contributed by atoms with Crippen molar-refractivity contribution in [1.29, 1.82) is 0 Å². The van der Waals surface area contributed by atoms with Crippen LogP contribution in [-0.2, 0) is 16.1 Å². The summed E-state index contributed by atoms with van der Waals surface area (Å²) in [5.74, 6) is -1.58. The van der Waals surface area contributed by atoms with Crippen molar-refractivity contribution in [3.63, 3.8) is 0 Å². The van der Waals surface area contributed by atoms with E-state index in [1.807, 2.05) is 6.92 Å². The molecule has 0 saturated carbocycles. The fraction of sp³-hybridized carbons (Fsp3) is 0.438. The minimum atomic E-state index is -1.14. The molecule has 26 heavy (non-hydrogen) atoms. The minimum absolute atomic E-state index is 0.0854. The van der Waals surface area contributed by atoms with Crippen molar-refractivity contribution in [1.82, 2.24) is 19.4 Å². The number of aromatic nitrogens is 3. The second-order valence-electron chi connectivity index (χ2n) is 5.95. The van der Waals surface area contributed by atoms with Gasteiger partial charge >= 0.3 is 11.7 Å². The first kappa shape index (κ1) is 17.8. The minimum Gasteiger partial charge on any atom is -0.479 e. The number of nitrogens with zero attached hydrogens (tertiary/aromatic N) is 3. The highest BCUT2D eigenvalue weighted by Gasteiger charge is 2.29. The SMILES string of the molecule is CCCn1c(=O)[nH]c(=O)c2cc(C(=O)N3CCOC(C(=O)O)C3)cnc21. The van der Waals surface area contributed by atoms with Gasteiger partial charge in [-0.15, -0.1) is 0 Å². The van der Waals surface area contributed by atoms with Crippen LogP contribution in [0.2, 0.25) is 0 Å². The predicted octanol–water partition coefficient (Wildman–Crippen LogP) is -0.580. The lowest BCUT2D eigenvalue weighted by Crippen LogP contribution is -2.48. The Morgan fingerprint density at radius 2 is 2.19 bits per heavy atom. The summed E-state index contributed by atoms with van der Waals surface area (Å²) >= 11 is 0. The average Bonchev–Trinajstić information content (AvgIpc) is 2.64. The van der Waals surface area contributed by atoms with Crippen molar-refractivity contribution >= 4 is 22.9 Å². The maximum Gasteiger partial charge on any atom is 0.334 e. The Kier molecular flexibility index (Phi) is 4.85. The van der Waals surface area contributed by atoms with Crippen molar-refractivity contribution in [3.8, 4) is 0 Å². The molecule has 1 fully saturated rings. The number of aryl methyl sites for hydroxylation is 1. The number of pyridine rings is 1. The molecule has 10 nitrogen and oxygen atoms in total. The van der Waals surface area contributed by atoms with Gasteiger partial charge in [-0.25, -0.2) is 14.6 Å². The molecular weight excluding hydrogens is 344 g/mol. The lowest BCUT2D eigenvalue weighted by molar-refractivity contribution is -0.154. The van der Waals surface area contributed by atoms with E-state index in [1.54, 1.807) is 0 Å². The molecule has 1 atom stereocenters. The molecule has 1 aliphatic rings. The summed E-state index contributed by atoms with van der Waals surface area (Å²) in [5.41, 5.74) is -0.809. The molecule has 0 aliphatic carbocycles. The number of morpholine rings is 1. The number of nitrogens with one attached hydrogen (secondary N) is 1. The third-order valence-electron chi connectivity index (χ3n) is 4.16. The molecule has 2 aromatic rings. The smallest absolute Gasteiger partial charge is 0.334 e. The number of carbonyl (C=O) groups is 2. The fourth-order valence-corrected chi connectivity index (χ4v) is 2.88. The van der Waals surface area contributed by atoms with Crippen molar-refractivity contribution in [2.24, 2.45) is 0 Å². The van der Waals surface area contributed by atoms with Crippen molar-refractivity contribution in [3.05, 3.63) is 38.7 Å². The highest BCUT2D eigenvalue weighted by atomic mass is 16.5. The highest BCUT2D eigenvalue weighted by molar-refractivity contribution is 5.97. The summed E-state index contributed by atoms with van der Waals surface area (Å²) in [5, 5.41) is 9.17. The average molecular weight is 362 g/mol. The number of carboxylic acid groups (broad SMARTS) is 1. The van der Waals surface area contributed by atoms with Gasteiger partial charge in [-0.1, -0.05) is 6.92 Å². The number of ether oxygens (including phenoxy) is 1. The Hall–Kier alpha value is -3.01.